The van der Waals surface area contributed by atoms with E-state index in [2.05, 4.69) is 4.98 Å². The first-order valence-corrected chi connectivity index (χ1v) is 11.5. The van der Waals surface area contributed by atoms with Crippen LogP contribution in [0.5, 0.6) is 0 Å². The van der Waals surface area contributed by atoms with Gasteiger partial charge in [0.1, 0.15) is 0 Å². The summed E-state index contributed by atoms with van der Waals surface area (Å²) in [7, 11) is 0. The van der Waals surface area contributed by atoms with Crippen molar-refractivity contribution in [1.82, 2.24) is 14.1 Å². The lowest BCUT2D eigenvalue weighted by atomic mass is 10.1. The molecule has 8 nitrogen and oxygen atoms in total. The molecule has 9 heteroatoms. The molecule has 0 radical (unpaired) electrons. The van der Waals surface area contributed by atoms with Crippen molar-refractivity contribution in [3.05, 3.63) is 102 Å². The number of esters is 1. The number of Topliss-reactive ketones (excluding diaryl/α,β-unsaturated/α-hetero) is 1. The highest BCUT2D eigenvalue weighted by atomic mass is 35.5. The number of H-pyrrole nitrogens is 1. The Morgan fingerprint density at radius 2 is 1.66 bits per heavy atom. The second kappa shape index (κ2) is 9.76. The third kappa shape index (κ3) is 4.57. The van der Waals surface area contributed by atoms with Crippen LogP contribution >= 0.6 is 11.6 Å². The van der Waals surface area contributed by atoms with Crippen LogP contribution in [-0.2, 0) is 17.8 Å². The molecule has 0 saturated heterocycles. The van der Waals surface area contributed by atoms with E-state index in [0.29, 0.717) is 27.3 Å². The van der Waals surface area contributed by atoms with Gasteiger partial charge in [-0.2, -0.15) is 0 Å². The third-order valence-electron chi connectivity index (χ3n) is 5.87. The maximum absolute atomic E-state index is 13.3. The molecular weight excluding hydrogens is 470 g/mol. The highest BCUT2D eigenvalue weighted by Gasteiger charge is 2.24. The summed E-state index contributed by atoms with van der Waals surface area (Å²) in [5, 5.41) is 0.361. The second-order valence-electron chi connectivity index (χ2n) is 8.17. The first-order chi connectivity index (χ1) is 16.7. The molecule has 0 amide bonds. The number of carbonyl (C=O) groups excluding carboxylic acids is 2. The number of halogens is 1. The smallest absolute Gasteiger partial charge is 0.340 e. The fourth-order valence-electron chi connectivity index (χ4n) is 4.23. The molecule has 0 unspecified atom stereocenters. The highest BCUT2D eigenvalue weighted by molar-refractivity contribution is 6.31. The van der Waals surface area contributed by atoms with Gasteiger partial charge in [-0.15, -0.1) is 0 Å². The number of aromatic amines is 1. The molecule has 4 rings (SSSR count). The molecule has 0 saturated carbocycles. The number of nitrogens with one attached hydrogen (secondary N) is 1. The van der Waals surface area contributed by atoms with Crippen LogP contribution in [0.4, 0.5) is 0 Å². The summed E-state index contributed by atoms with van der Waals surface area (Å²) in [5.41, 5.74) is 1.48. The molecule has 2 aromatic carbocycles. The minimum absolute atomic E-state index is 0.182. The first-order valence-electron chi connectivity index (χ1n) is 11.1. The largest absolute Gasteiger partial charge is 0.462 e. The van der Waals surface area contributed by atoms with E-state index in [1.54, 1.807) is 39.0 Å². The Morgan fingerprint density at radius 3 is 2.34 bits per heavy atom. The summed E-state index contributed by atoms with van der Waals surface area (Å²) in [5.74, 6) is -0.986. The van der Waals surface area contributed by atoms with Gasteiger partial charge in [0.05, 0.1) is 42.0 Å². The Kier molecular flexibility index (Phi) is 6.75. The van der Waals surface area contributed by atoms with Gasteiger partial charge in [0.15, 0.2) is 5.78 Å². The zero-order chi connectivity index (χ0) is 25.3. The van der Waals surface area contributed by atoms with Gasteiger partial charge in [-0.3, -0.25) is 23.5 Å². The number of aryl methyl sites for hydroxylation is 1. The Labute approximate surface area is 205 Å². The van der Waals surface area contributed by atoms with Gasteiger partial charge < -0.3 is 9.72 Å². The highest BCUT2D eigenvalue weighted by Crippen LogP contribution is 2.22. The van der Waals surface area contributed by atoms with Gasteiger partial charge in [0.2, 0.25) is 0 Å². The second-order valence-corrected chi connectivity index (χ2v) is 8.61. The van der Waals surface area contributed by atoms with Crippen LogP contribution in [0.2, 0.25) is 5.02 Å². The van der Waals surface area contributed by atoms with Crippen LogP contribution in [0.25, 0.3) is 11.0 Å². The van der Waals surface area contributed by atoms with Crippen LogP contribution in [0.3, 0.4) is 0 Å². The number of benzene rings is 2. The average molecular weight is 494 g/mol. The molecule has 35 heavy (non-hydrogen) atoms. The Bertz CT molecular complexity index is 1560. The van der Waals surface area contributed by atoms with E-state index in [1.165, 1.54) is 4.57 Å². The normalized spacial score (nSPS) is 11.1. The summed E-state index contributed by atoms with van der Waals surface area (Å²) in [6.45, 7) is 5.00. The predicted molar refractivity (Wildman–Crippen MR) is 134 cm³/mol. The van der Waals surface area contributed by atoms with Gasteiger partial charge in [-0.05, 0) is 50.1 Å². The van der Waals surface area contributed by atoms with Crippen LogP contribution in [0, 0.1) is 13.8 Å². The average Bonchev–Trinajstić information content (AvgIpc) is 3.14. The quantitative estimate of drug-likeness (QED) is 0.239. The van der Waals surface area contributed by atoms with Crippen molar-refractivity contribution >= 4 is 34.4 Å². The van der Waals surface area contributed by atoms with Crippen LogP contribution in [0.15, 0.2) is 58.1 Å². The van der Waals surface area contributed by atoms with E-state index in [-0.39, 0.29) is 24.4 Å². The molecular formula is C26H24ClN3O5. The molecule has 0 aliphatic rings. The van der Waals surface area contributed by atoms with Crippen LogP contribution in [0.1, 0.15) is 44.6 Å². The number of ketones is 1. The van der Waals surface area contributed by atoms with Crippen molar-refractivity contribution in [2.24, 2.45) is 0 Å². The zero-order valence-electron chi connectivity index (χ0n) is 19.6. The number of aromatic nitrogens is 3. The molecule has 0 aliphatic carbocycles. The van der Waals surface area contributed by atoms with Crippen molar-refractivity contribution in [1.29, 1.82) is 0 Å². The minimum Gasteiger partial charge on any atom is -0.462 e. The van der Waals surface area contributed by atoms with Crippen molar-refractivity contribution in [2.45, 2.75) is 33.9 Å². The third-order valence-corrected chi connectivity index (χ3v) is 6.11. The number of ether oxygens (including phenoxy) is 1. The lowest BCUT2D eigenvalue weighted by molar-refractivity contribution is 0.0525. The molecule has 4 aromatic rings. The van der Waals surface area contributed by atoms with E-state index in [4.69, 9.17) is 16.3 Å². The van der Waals surface area contributed by atoms with Gasteiger partial charge in [-0.1, -0.05) is 41.9 Å². The monoisotopic (exact) mass is 493 g/mol. The Hall–Kier alpha value is -3.91. The maximum atomic E-state index is 13.3. The van der Waals surface area contributed by atoms with Crippen molar-refractivity contribution in [2.75, 3.05) is 6.61 Å². The van der Waals surface area contributed by atoms with E-state index in [0.717, 1.165) is 10.1 Å². The van der Waals surface area contributed by atoms with Gasteiger partial charge in [0, 0.05) is 10.7 Å². The lowest BCUT2D eigenvalue weighted by Crippen LogP contribution is -2.42. The van der Waals surface area contributed by atoms with Crippen molar-refractivity contribution < 1.29 is 14.3 Å². The fraction of sp³-hybridized carbons (Fsp3) is 0.231. The zero-order valence-corrected chi connectivity index (χ0v) is 20.3. The van der Waals surface area contributed by atoms with E-state index >= 15 is 0 Å². The lowest BCUT2D eigenvalue weighted by Gasteiger charge is -2.15. The van der Waals surface area contributed by atoms with Crippen LogP contribution in [-0.4, -0.2) is 32.5 Å². The number of fused-ring (bicyclic) bond motifs is 1. The molecule has 2 aromatic heterocycles. The number of hydrogen-bond acceptors (Lipinski definition) is 5. The maximum Gasteiger partial charge on any atom is 0.340 e. The van der Waals surface area contributed by atoms with Crippen LogP contribution < -0.4 is 11.1 Å². The Morgan fingerprint density at radius 1 is 0.971 bits per heavy atom. The number of hydrogen-bond donors (Lipinski definition) is 1. The van der Waals surface area contributed by atoms with Gasteiger partial charge >= 0.3 is 17.1 Å². The standard InChI is InChI=1S/C26H24ClN3O5/c1-4-35-26(34)22-15(2)23(28-16(22)3)21(31)14-30-20-12-18(27)10-11-19(20)29(24(32)25(30)33)13-17-8-6-5-7-9-17/h5-12,28H,4,13-14H2,1-3H3. The summed E-state index contributed by atoms with van der Waals surface area (Å²) in [6, 6.07) is 14.1. The molecule has 0 fully saturated rings. The summed E-state index contributed by atoms with van der Waals surface area (Å²) in [4.78, 5) is 54.8. The molecule has 180 valence electrons. The number of rotatable bonds is 7. The molecule has 0 spiro atoms. The van der Waals surface area contributed by atoms with Gasteiger partial charge in [-0.25, -0.2) is 4.79 Å². The van der Waals surface area contributed by atoms with Crippen molar-refractivity contribution in [3.8, 4) is 0 Å². The molecule has 2 heterocycles. The first kappa shape index (κ1) is 24.2. The molecule has 1 N–H and O–H groups in total. The SMILES string of the molecule is CCOC(=O)c1c(C)[nH]c(C(=O)Cn2c(=O)c(=O)n(Cc3ccccc3)c3ccc(Cl)cc32)c1C. The summed E-state index contributed by atoms with van der Waals surface area (Å²) >= 11 is 6.22. The van der Waals surface area contributed by atoms with E-state index in [1.807, 2.05) is 30.3 Å². The topological polar surface area (TPSA) is 103 Å². The van der Waals surface area contributed by atoms with E-state index in [9.17, 15) is 19.2 Å². The fourth-order valence-corrected chi connectivity index (χ4v) is 4.40. The van der Waals surface area contributed by atoms with Gasteiger partial charge in [0.25, 0.3) is 0 Å². The van der Waals surface area contributed by atoms with Crippen molar-refractivity contribution in [3.63, 3.8) is 0 Å². The number of nitrogens with zero attached hydrogens (tertiary/aromatic N) is 2. The minimum atomic E-state index is -0.837. The summed E-state index contributed by atoms with van der Waals surface area (Å²) in [6.07, 6.45) is 0. The molecule has 0 aliphatic heterocycles. The Balaban J connectivity index is 1.81. The van der Waals surface area contributed by atoms with E-state index < -0.39 is 29.4 Å². The summed E-state index contributed by atoms with van der Waals surface area (Å²) < 4.78 is 7.60. The predicted octanol–water partition coefficient (Wildman–Crippen LogP) is 3.87. The molecule has 0 bridgehead atoms. The number of carbonyl (C=O) groups is 2. The molecule has 0 atom stereocenters.